The topological polar surface area (TPSA) is 217 Å². The highest BCUT2D eigenvalue weighted by atomic mass is 16.7. The van der Waals surface area contributed by atoms with Crippen molar-refractivity contribution >= 4 is 11.8 Å². The fraction of sp³-hybridized carbons (Fsp3) is 0.316. The Morgan fingerprint density at radius 1 is 0.673 bits per heavy atom. The van der Waals surface area contributed by atoms with E-state index in [0.717, 1.165) is 12.1 Å². The maximum atomic E-state index is 13.6. The molecule has 17 nitrogen and oxygen atoms in total. The zero-order valence-electron chi connectivity index (χ0n) is 30.0. The molecule has 0 aliphatic carbocycles. The van der Waals surface area contributed by atoms with Gasteiger partial charge in [0.25, 0.3) is 0 Å². The predicted octanol–water partition coefficient (Wildman–Crippen LogP) is 4.18. The molecular weight excluding hydrogens is 728 g/mol. The maximum Gasteiger partial charge on any atom is 0.338 e. The average Bonchev–Trinajstić information content (AvgIpc) is 3.18. The van der Waals surface area contributed by atoms with Gasteiger partial charge in [-0.25, -0.2) is 4.79 Å². The quantitative estimate of drug-likeness (QED) is 0.0986. The molecule has 0 bridgehead atoms. The molecule has 55 heavy (non-hydrogen) atoms. The lowest BCUT2D eigenvalue weighted by atomic mass is 9.92. The molecule has 2 heterocycles. The number of hydrogen-bond acceptors (Lipinski definition) is 17. The number of hydrogen-bond donors (Lipinski definition) is 4. The second-order valence-corrected chi connectivity index (χ2v) is 12.1. The van der Waals surface area contributed by atoms with Gasteiger partial charge in [0.1, 0.15) is 29.4 Å². The van der Waals surface area contributed by atoms with Crippen LogP contribution >= 0.6 is 0 Å². The van der Waals surface area contributed by atoms with Crippen molar-refractivity contribution in [2.75, 3.05) is 55.4 Å². The van der Waals surface area contributed by atoms with Crippen molar-refractivity contribution in [1.82, 2.24) is 0 Å². The summed E-state index contributed by atoms with van der Waals surface area (Å²) in [5.41, 5.74) is 0.543. The number of phenolic OH excluding ortho intramolecular Hbond substituents is 3. The Bertz CT molecular complexity index is 2000. The van der Waals surface area contributed by atoms with Crippen LogP contribution < -0.4 is 33.2 Å². The molecule has 2 unspecified atom stereocenters. The molecule has 4 atom stereocenters. The molecule has 0 saturated heterocycles. The Morgan fingerprint density at radius 3 is 1.98 bits per heavy atom. The SMILES string of the molecule is COCOc1cc(C(=O)OCC2Oc3ccc([C@H]4Oc5cc(O)cc(O)c5C(=O)[C@@H]4O)cc3OC2c2ccc(O)c(OC)c2)cc(OCOC)c1OCOC. The number of fused-ring (bicyclic) bond motifs is 2. The minimum atomic E-state index is -1.71. The van der Waals surface area contributed by atoms with E-state index in [9.17, 15) is 30.0 Å². The number of benzene rings is 4. The lowest BCUT2D eigenvalue weighted by molar-refractivity contribution is -0.0260. The number of esters is 1. The van der Waals surface area contributed by atoms with E-state index in [1.54, 1.807) is 12.1 Å². The standard InChI is InChI=1S/C38H38O17/c1-45-16-50-29-11-21(12-30(51-17-46-2)37(29)52-18-47-3)38(44)49-15-31-35(19-5-7-23(40)26(9-19)48-4)54-27-10-20(6-8-25(27)53-31)36-34(43)33(42)32-24(41)13-22(39)14-28(32)55-36/h5-14,31,34-36,39-41,43H,15-18H2,1-4H3/t31?,34-,35?,36+/m0/s1. The number of ketones is 1. The van der Waals surface area contributed by atoms with Crippen LogP contribution in [0.1, 0.15) is 44.1 Å². The highest BCUT2D eigenvalue weighted by Gasteiger charge is 2.41. The van der Waals surface area contributed by atoms with E-state index in [2.05, 4.69) is 0 Å². The molecular formula is C38H38O17. The molecule has 0 saturated carbocycles. The number of aromatic hydroxyl groups is 3. The van der Waals surface area contributed by atoms with E-state index in [1.807, 2.05) is 0 Å². The molecule has 0 radical (unpaired) electrons. The first-order valence-electron chi connectivity index (χ1n) is 16.6. The zero-order chi connectivity index (χ0) is 39.2. The molecule has 4 aromatic rings. The van der Waals surface area contributed by atoms with Crippen LogP contribution in [0.15, 0.2) is 60.7 Å². The maximum absolute atomic E-state index is 13.6. The summed E-state index contributed by atoms with van der Waals surface area (Å²) in [7, 11) is 5.66. The van der Waals surface area contributed by atoms with Gasteiger partial charge in [-0.05, 0) is 42.0 Å². The van der Waals surface area contributed by atoms with Crippen LogP contribution in [-0.2, 0) is 18.9 Å². The highest BCUT2D eigenvalue weighted by Crippen LogP contribution is 2.46. The summed E-state index contributed by atoms with van der Waals surface area (Å²) in [6.07, 6.45) is -4.89. The van der Waals surface area contributed by atoms with Crippen LogP contribution in [0.4, 0.5) is 0 Å². The molecule has 4 N–H and O–H groups in total. The summed E-state index contributed by atoms with van der Waals surface area (Å²) in [6.45, 7) is -0.862. The van der Waals surface area contributed by atoms with E-state index >= 15 is 0 Å². The van der Waals surface area contributed by atoms with E-state index in [-0.39, 0.29) is 89.9 Å². The number of methoxy groups -OCH3 is 4. The second-order valence-electron chi connectivity index (χ2n) is 12.1. The fourth-order valence-electron chi connectivity index (χ4n) is 5.92. The Morgan fingerprint density at radius 2 is 1.31 bits per heavy atom. The number of ether oxygens (including phenoxy) is 11. The van der Waals surface area contributed by atoms with Gasteiger partial charge >= 0.3 is 5.97 Å². The molecule has 0 fully saturated rings. The summed E-state index contributed by atoms with van der Waals surface area (Å²) in [6, 6.07) is 14.0. The number of phenols is 3. The molecule has 0 spiro atoms. The Hall–Kier alpha value is -6.14. The monoisotopic (exact) mass is 766 g/mol. The fourth-order valence-corrected chi connectivity index (χ4v) is 5.92. The Labute approximate surface area is 313 Å². The van der Waals surface area contributed by atoms with Gasteiger partial charge in [-0.15, -0.1) is 0 Å². The average molecular weight is 767 g/mol. The first-order chi connectivity index (χ1) is 26.6. The van der Waals surface area contributed by atoms with E-state index in [0.29, 0.717) is 11.1 Å². The van der Waals surface area contributed by atoms with E-state index < -0.39 is 41.9 Å². The first-order valence-corrected chi connectivity index (χ1v) is 16.6. The third-order valence-corrected chi connectivity index (χ3v) is 8.44. The van der Waals surface area contributed by atoms with Crippen molar-refractivity contribution in [3.63, 3.8) is 0 Å². The van der Waals surface area contributed by atoms with Crippen molar-refractivity contribution in [3.8, 4) is 57.5 Å². The molecule has 4 aromatic carbocycles. The van der Waals surface area contributed by atoms with Crippen molar-refractivity contribution in [3.05, 3.63) is 82.9 Å². The Kier molecular flexibility index (Phi) is 11.9. The number of Topliss-reactive ketones (excluding diaryl/α,β-unsaturated/α-hetero) is 1. The third-order valence-electron chi connectivity index (χ3n) is 8.44. The number of carbonyl (C=O) groups excluding carboxylic acids is 2. The summed E-state index contributed by atoms with van der Waals surface area (Å²) in [4.78, 5) is 26.7. The minimum Gasteiger partial charge on any atom is -0.508 e. The Balaban J connectivity index is 1.29. The smallest absolute Gasteiger partial charge is 0.338 e. The van der Waals surface area contributed by atoms with E-state index in [1.165, 1.54) is 64.8 Å². The van der Waals surface area contributed by atoms with Crippen molar-refractivity contribution in [1.29, 1.82) is 0 Å². The van der Waals surface area contributed by atoms with E-state index in [4.69, 9.17) is 52.1 Å². The largest absolute Gasteiger partial charge is 0.508 e. The number of aliphatic hydroxyl groups is 1. The van der Waals surface area contributed by atoms with Gasteiger partial charge in [0.05, 0.1) is 12.7 Å². The molecule has 17 heteroatoms. The molecule has 0 amide bonds. The van der Waals surface area contributed by atoms with Crippen LogP contribution in [-0.4, -0.2) is 99.8 Å². The van der Waals surface area contributed by atoms with Crippen LogP contribution in [0.25, 0.3) is 0 Å². The van der Waals surface area contributed by atoms with Crippen LogP contribution in [0.5, 0.6) is 57.5 Å². The van der Waals surface area contributed by atoms with Gasteiger partial charge in [-0.1, -0.05) is 12.1 Å². The van der Waals surface area contributed by atoms with Crippen LogP contribution in [0.3, 0.4) is 0 Å². The summed E-state index contributed by atoms with van der Waals surface area (Å²) >= 11 is 0. The first kappa shape index (κ1) is 38.6. The molecule has 2 aliphatic heterocycles. The van der Waals surface area contributed by atoms with Gasteiger partial charge in [-0.3, -0.25) is 4.79 Å². The van der Waals surface area contributed by atoms with Crippen LogP contribution in [0.2, 0.25) is 0 Å². The van der Waals surface area contributed by atoms with Gasteiger partial charge in [0.2, 0.25) is 11.5 Å². The van der Waals surface area contributed by atoms with Crippen molar-refractivity contribution < 1.29 is 82.1 Å². The van der Waals surface area contributed by atoms with Gasteiger partial charge in [-0.2, -0.15) is 0 Å². The van der Waals surface area contributed by atoms with Gasteiger partial charge < -0.3 is 72.5 Å². The lowest BCUT2D eigenvalue weighted by Gasteiger charge is -2.35. The molecule has 292 valence electrons. The minimum absolute atomic E-state index is 0.0235. The molecule has 6 rings (SSSR count). The number of rotatable bonds is 15. The molecule has 2 aliphatic rings. The van der Waals surface area contributed by atoms with Gasteiger partial charge in [0, 0.05) is 39.0 Å². The third kappa shape index (κ3) is 8.19. The summed E-state index contributed by atoms with van der Waals surface area (Å²) < 4.78 is 61.8. The van der Waals surface area contributed by atoms with Crippen molar-refractivity contribution in [2.45, 2.75) is 24.4 Å². The normalized spacial score (nSPS) is 18.5. The van der Waals surface area contributed by atoms with Crippen molar-refractivity contribution in [2.24, 2.45) is 0 Å². The highest BCUT2D eigenvalue weighted by molar-refractivity contribution is 6.05. The number of carbonyl (C=O) groups is 2. The number of aliphatic hydroxyl groups excluding tert-OH is 1. The summed E-state index contributed by atoms with van der Waals surface area (Å²) in [5, 5.41) is 41.4. The summed E-state index contributed by atoms with van der Waals surface area (Å²) in [5.74, 6) is -1.85. The molecule has 0 aromatic heterocycles. The predicted molar refractivity (Wildman–Crippen MR) is 187 cm³/mol. The van der Waals surface area contributed by atoms with Gasteiger partial charge in [0.15, 0.2) is 79.3 Å². The lowest BCUT2D eigenvalue weighted by Crippen LogP contribution is -2.38. The second kappa shape index (κ2) is 16.9. The zero-order valence-corrected chi connectivity index (χ0v) is 30.0. The van der Waals surface area contributed by atoms with Crippen LogP contribution in [0, 0.1) is 0 Å².